The van der Waals surface area contributed by atoms with Crippen LogP contribution < -0.4 is 0 Å². The van der Waals surface area contributed by atoms with Crippen molar-refractivity contribution in [2.75, 3.05) is 6.26 Å². The summed E-state index contributed by atoms with van der Waals surface area (Å²) in [6.07, 6.45) is 4.05. The van der Waals surface area contributed by atoms with Gasteiger partial charge in [-0.3, -0.25) is 0 Å². The van der Waals surface area contributed by atoms with Gasteiger partial charge in [-0.15, -0.1) is 0 Å². The summed E-state index contributed by atoms with van der Waals surface area (Å²) in [4.78, 5) is 0. The Morgan fingerprint density at radius 1 is 1.25 bits per heavy atom. The van der Waals surface area contributed by atoms with Crippen LogP contribution in [-0.2, 0) is 0 Å². The molecule has 3 heteroatoms. The molecule has 0 aliphatic rings. The van der Waals surface area contributed by atoms with Crippen LogP contribution in [0.5, 0.6) is 5.75 Å². The molecule has 0 atom stereocenters. The molecule has 0 saturated heterocycles. The molecule has 0 aromatic heterocycles. The maximum atomic E-state index is 8.99. The fraction of sp³-hybridized carbons (Fsp3) is 0.111. The molecule has 0 amide bonds. The number of benzene rings is 1. The molecule has 0 spiro atoms. The maximum absolute atomic E-state index is 8.99. The number of hydrogen-bond donors (Lipinski definition) is 1. The number of aromatic hydroxyl groups is 1. The minimum Gasteiger partial charge on any atom is -0.508 e. The summed E-state index contributed by atoms with van der Waals surface area (Å²) in [5.41, 5.74) is 1.11. The zero-order valence-corrected chi connectivity index (χ0v) is 8.36. The molecule has 1 aromatic carbocycles. The van der Waals surface area contributed by atoms with Gasteiger partial charge in [0.25, 0.3) is 0 Å². The van der Waals surface area contributed by atoms with E-state index in [2.05, 4.69) is 0 Å². The van der Waals surface area contributed by atoms with E-state index in [0.29, 0.717) is 5.75 Å². The van der Waals surface area contributed by atoms with Crippen LogP contribution in [0.1, 0.15) is 5.56 Å². The van der Waals surface area contributed by atoms with Gasteiger partial charge in [-0.25, -0.2) is 0 Å². The second-order valence-corrected chi connectivity index (χ2v) is 4.53. The first-order valence-corrected chi connectivity index (χ1v) is 6.10. The Balaban J connectivity index is 2.58. The molecule has 0 aliphatic heterocycles. The van der Waals surface area contributed by atoms with E-state index < -0.39 is 0 Å². The maximum Gasteiger partial charge on any atom is 0.115 e. The Morgan fingerprint density at radius 2 is 1.92 bits per heavy atom. The first kappa shape index (κ1) is 9.55. The topological polar surface area (TPSA) is 20.2 Å². The average molecular weight is 198 g/mol. The van der Waals surface area contributed by atoms with Crippen molar-refractivity contribution in [1.82, 2.24) is 0 Å². The van der Waals surface area contributed by atoms with Crippen molar-refractivity contribution in [3.63, 3.8) is 0 Å². The van der Waals surface area contributed by atoms with Crippen molar-refractivity contribution in [3.8, 4) is 5.75 Å². The monoisotopic (exact) mass is 198 g/mol. The van der Waals surface area contributed by atoms with E-state index in [1.54, 1.807) is 33.7 Å². The standard InChI is InChI=1S/C9H10OS2/c1-11-12-7-6-8-2-4-9(10)5-3-8/h2-7,10H,1H3. The average Bonchev–Trinajstić information content (AvgIpc) is 2.09. The van der Waals surface area contributed by atoms with E-state index in [-0.39, 0.29) is 0 Å². The zero-order valence-electron chi connectivity index (χ0n) is 6.73. The third-order valence-electron chi connectivity index (χ3n) is 1.31. The quantitative estimate of drug-likeness (QED) is 0.752. The van der Waals surface area contributed by atoms with E-state index in [9.17, 15) is 0 Å². The highest BCUT2D eigenvalue weighted by Crippen LogP contribution is 2.20. The Kier molecular flexibility index (Phi) is 4.11. The molecule has 0 heterocycles. The number of phenols is 1. The zero-order chi connectivity index (χ0) is 8.81. The summed E-state index contributed by atoms with van der Waals surface area (Å²) in [6.45, 7) is 0. The normalized spacial score (nSPS) is 10.8. The van der Waals surface area contributed by atoms with Gasteiger partial charge in [0, 0.05) is 0 Å². The number of phenolic OH excluding ortho intramolecular Hbond substituents is 1. The summed E-state index contributed by atoms with van der Waals surface area (Å²) >= 11 is 0. The summed E-state index contributed by atoms with van der Waals surface area (Å²) in [5, 5.41) is 11.0. The van der Waals surface area contributed by atoms with Crippen molar-refractivity contribution in [1.29, 1.82) is 0 Å². The summed E-state index contributed by atoms with van der Waals surface area (Å²) in [6, 6.07) is 7.13. The van der Waals surface area contributed by atoms with Gasteiger partial charge >= 0.3 is 0 Å². The van der Waals surface area contributed by atoms with Crippen LogP contribution in [0.25, 0.3) is 6.08 Å². The SMILES string of the molecule is CSSC=Cc1ccc(O)cc1. The molecule has 1 nitrogen and oxygen atoms in total. The lowest BCUT2D eigenvalue weighted by molar-refractivity contribution is 0.475. The molecule has 1 rings (SSSR count). The largest absolute Gasteiger partial charge is 0.508 e. The molecule has 0 fully saturated rings. The van der Waals surface area contributed by atoms with E-state index in [1.165, 1.54) is 0 Å². The van der Waals surface area contributed by atoms with Gasteiger partial charge in [-0.1, -0.05) is 33.7 Å². The first-order chi connectivity index (χ1) is 5.83. The molecule has 1 aromatic rings. The van der Waals surface area contributed by atoms with E-state index in [4.69, 9.17) is 5.11 Å². The molecular weight excluding hydrogens is 188 g/mol. The highest BCUT2D eigenvalue weighted by Gasteiger charge is 1.86. The van der Waals surface area contributed by atoms with Gasteiger partial charge in [-0.05, 0) is 35.4 Å². The van der Waals surface area contributed by atoms with Crippen LogP contribution in [0.3, 0.4) is 0 Å². The van der Waals surface area contributed by atoms with Gasteiger partial charge in [0.15, 0.2) is 0 Å². The summed E-state index contributed by atoms with van der Waals surface area (Å²) < 4.78 is 0. The second-order valence-electron chi connectivity index (χ2n) is 2.16. The fourth-order valence-corrected chi connectivity index (χ4v) is 1.57. The molecular formula is C9H10OS2. The number of rotatable bonds is 3. The Hall–Kier alpha value is -0.540. The van der Waals surface area contributed by atoms with E-state index >= 15 is 0 Å². The second kappa shape index (κ2) is 5.17. The smallest absolute Gasteiger partial charge is 0.115 e. The van der Waals surface area contributed by atoms with E-state index in [1.807, 2.05) is 29.9 Å². The van der Waals surface area contributed by atoms with Gasteiger partial charge < -0.3 is 5.11 Å². The van der Waals surface area contributed by atoms with Gasteiger partial charge in [-0.2, -0.15) is 0 Å². The van der Waals surface area contributed by atoms with E-state index in [0.717, 1.165) is 5.56 Å². The molecule has 0 radical (unpaired) electrons. The summed E-state index contributed by atoms with van der Waals surface area (Å²) in [7, 11) is 3.39. The molecule has 12 heavy (non-hydrogen) atoms. The van der Waals surface area contributed by atoms with Crippen molar-refractivity contribution in [3.05, 3.63) is 35.2 Å². The van der Waals surface area contributed by atoms with Crippen LogP contribution in [0.2, 0.25) is 0 Å². The van der Waals surface area contributed by atoms with Crippen molar-refractivity contribution in [2.24, 2.45) is 0 Å². The van der Waals surface area contributed by atoms with Gasteiger partial charge in [0.1, 0.15) is 5.75 Å². The predicted molar refractivity (Wildman–Crippen MR) is 58.2 cm³/mol. The highest BCUT2D eigenvalue weighted by molar-refractivity contribution is 8.77. The first-order valence-electron chi connectivity index (χ1n) is 3.48. The lowest BCUT2D eigenvalue weighted by atomic mass is 10.2. The fourth-order valence-electron chi connectivity index (χ4n) is 0.747. The highest BCUT2D eigenvalue weighted by atomic mass is 33.1. The molecule has 0 unspecified atom stereocenters. The van der Waals surface area contributed by atoms with Crippen LogP contribution >= 0.6 is 21.6 Å². The Labute approximate surface area is 80.3 Å². The molecule has 1 N–H and O–H groups in total. The number of hydrogen-bond acceptors (Lipinski definition) is 3. The van der Waals surface area contributed by atoms with Crippen LogP contribution in [0, 0.1) is 0 Å². The van der Waals surface area contributed by atoms with Crippen molar-refractivity contribution < 1.29 is 5.11 Å². The Bertz CT molecular complexity index is 254. The van der Waals surface area contributed by atoms with Crippen LogP contribution in [0.4, 0.5) is 0 Å². The molecule has 0 bridgehead atoms. The lowest BCUT2D eigenvalue weighted by Gasteiger charge is -1.92. The third-order valence-corrected chi connectivity index (χ3v) is 2.66. The third kappa shape index (κ3) is 3.24. The molecule has 64 valence electrons. The van der Waals surface area contributed by atoms with Crippen molar-refractivity contribution in [2.45, 2.75) is 0 Å². The Morgan fingerprint density at radius 3 is 2.50 bits per heavy atom. The predicted octanol–water partition coefficient (Wildman–Crippen LogP) is 3.37. The molecule has 0 aliphatic carbocycles. The van der Waals surface area contributed by atoms with Crippen LogP contribution in [-0.4, -0.2) is 11.4 Å². The summed E-state index contributed by atoms with van der Waals surface area (Å²) in [5.74, 6) is 0.310. The minimum atomic E-state index is 0.310. The van der Waals surface area contributed by atoms with Crippen LogP contribution in [0.15, 0.2) is 29.7 Å². The minimum absolute atomic E-state index is 0.310. The van der Waals surface area contributed by atoms with Gasteiger partial charge in [0.2, 0.25) is 0 Å². The van der Waals surface area contributed by atoms with Crippen molar-refractivity contribution >= 4 is 27.7 Å². The molecule has 0 saturated carbocycles. The lowest BCUT2D eigenvalue weighted by Crippen LogP contribution is -1.68. The van der Waals surface area contributed by atoms with Gasteiger partial charge in [0.05, 0.1) is 0 Å².